The van der Waals surface area contributed by atoms with Gasteiger partial charge in [-0.3, -0.25) is 15.3 Å². The first-order valence-corrected chi connectivity index (χ1v) is 7.90. The lowest BCUT2D eigenvalue weighted by molar-refractivity contribution is -0.0307. The molecule has 0 aliphatic carbocycles. The van der Waals surface area contributed by atoms with Gasteiger partial charge in [0.25, 0.3) is 11.8 Å². The number of fused-ring (bicyclic) bond motifs is 1. The van der Waals surface area contributed by atoms with E-state index < -0.39 is 23.9 Å². The van der Waals surface area contributed by atoms with E-state index in [0.29, 0.717) is 0 Å². The van der Waals surface area contributed by atoms with Crippen molar-refractivity contribution in [2.75, 3.05) is 6.54 Å². The first kappa shape index (κ1) is 18.4. The van der Waals surface area contributed by atoms with E-state index in [4.69, 9.17) is 11.0 Å². The van der Waals surface area contributed by atoms with Gasteiger partial charge in [0.05, 0.1) is 17.3 Å². The molecule has 1 unspecified atom stereocenters. The summed E-state index contributed by atoms with van der Waals surface area (Å²) in [5.74, 6) is -1.42. The minimum atomic E-state index is -3.65. The summed E-state index contributed by atoms with van der Waals surface area (Å²) in [6.07, 6.45) is 1.17. The van der Waals surface area contributed by atoms with Crippen LogP contribution in [0.15, 0.2) is 18.3 Å². The van der Waals surface area contributed by atoms with E-state index in [1.54, 1.807) is 18.2 Å². The van der Waals surface area contributed by atoms with E-state index in [1.165, 1.54) is 6.20 Å². The number of nitriles is 1. The number of rotatable bonds is 4. The number of amides is 2. The van der Waals surface area contributed by atoms with Crippen molar-refractivity contribution < 1.29 is 18.4 Å². The van der Waals surface area contributed by atoms with Gasteiger partial charge in [0, 0.05) is 12.6 Å². The molecule has 1 atom stereocenters. The Morgan fingerprint density at radius 2 is 2.30 bits per heavy atom. The van der Waals surface area contributed by atoms with Crippen LogP contribution in [0.4, 0.5) is 8.78 Å². The highest BCUT2D eigenvalue weighted by Gasteiger charge is 2.43. The van der Waals surface area contributed by atoms with Crippen LogP contribution in [-0.4, -0.2) is 45.2 Å². The van der Waals surface area contributed by atoms with Crippen LogP contribution >= 0.6 is 0 Å². The summed E-state index contributed by atoms with van der Waals surface area (Å²) in [6.45, 7) is 1.51. The Bertz CT molecular complexity index is 941. The molecule has 0 aromatic carbocycles. The molecule has 3 rings (SSSR count). The van der Waals surface area contributed by atoms with Crippen molar-refractivity contribution in [2.45, 2.75) is 25.4 Å². The van der Waals surface area contributed by atoms with Crippen molar-refractivity contribution in [1.29, 1.82) is 5.26 Å². The number of hydrogen-bond donors (Lipinski definition) is 3. The molecule has 0 radical (unpaired) electrons. The molecule has 2 amide bonds. The third-order valence-electron chi connectivity index (χ3n) is 4.01. The third-order valence-corrected chi connectivity index (χ3v) is 4.01. The van der Waals surface area contributed by atoms with E-state index in [-0.39, 0.29) is 35.7 Å². The Kier molecular flexibility index (Phi) is 4.59. The van der Waals surface area contributed by atoms with Gasteiger partial charge in [0.1, 0.15) is 18.3 Å². The highest BCUT2D eigenvalue weighted by Crippen LogP contribution is 2.27. The van der Waals surface area contributed by atoms with Crippen LogP contribution in [0.5, 0.6) is 0 Å². The molecule has 1 aliphatic heterocycles. The Labute approximate surface area is 152 Å². The Morgan fingerprint density at radius 1 is 1.56 bits per heavy atom. The van der Waals surface area contributed by atoms with E-state index >= 15 is 0 Å². The molecule has 2 aromatic rings. The fraction of sp³-hybridized carbons (Fsp3) is 0.312. The molecule has 9 nitrogen and oxygen atoms in total. The third kappa shape index (κ3) is 3.47. The second-order valence-electron chi connectivity index (χ2n) is 6.02. The van der Waals surface area contributed by atoms with Crippen molar-refractivity contribution in [3.8, 4) is 11.9 Å². The van der Waals surface area contributed by atoms with Gasteiger partial charge in [-0.1, -0.05) is 6.07 Å². The molecular formula is C16H15F2N7O2. The number of halogens is 2. The summed E-state index contributed by atoms with van der Waals surface area (Å²) < 4.78 is 28.1. The number of pyridine rings is 1. The van der Waals surface area contributed by atoms with Crippen molar-refractivity contribution in [2.24, 2.45) is 5.73 Å². The fourth-order valence-electron chi connectivity index (χ4n) is 2.72. The van der Waals surface area contributed by atoms with E-state index in [2.05, 4.69) is 20.7 Å². The number of hydrogen-bond acceptors (Lipinski definition) is 6. The summed E-state index contributed by atoms with van der Waals surface area (Å²) in [5, 5.41) is 17.3. The number of nitrogens with one attached hydrogen (secondary N) is 2. The molecule has 27 heavy (non-hydrogen) atoms. The van der Waals surface area contributed by atoms with Gasteiger partial charge in [0.15, 0.2) is 5.82 Å². The normalized spacial score (nSPS) is 16.3. The summed E-state index contributed by atoms with van der Waals surface area (Å²) in [7, 11) is 0. The van der Waals surface area contributed by atoms with Gasteiger partial charge in [-0.15, -0.1) is 0 Å². The minimum absolute atomic E-state index is 0.00152. The number of carbonyl (C=O) groups excluding carboxylic acids is 2. The zero-order valence-electron chi connectivity index (χ0n) is 14.2. The number of aromatic nitrogens is 3. The lowest BCUT2D eigenvalue weighted by atomic mass is 9.98. The number of alkyl halides is 2. The molecule has 0 bridgehead atoms. The SMILES string of the molecule is Cc1ccc(-n2nc3c(c2C(=O)NCC#N)C(=O)NC(C(N)(F)F)C3)nc1. The summed E-state index contributed by atoms with van der Waals surface area (Å²) in [4.78, 5) is 29.1. The topological polar surface area (TPSA) is 139 Å². The maximum absolute atomic E-state index is 13.5. The fourth-order valence-corrected chi connectivity index (χ4v) is 2.72. The summed E-state index contributed by atoms with van der Waals surface area (Å²) in [5.41, 5.74) is 5.34. The molecule has 4 N–H and O–H groups in total. The zero-order chi connectivity index (χ0) is 19.8. The van der Waals surface area contributed by atoms with Crippen LogP contribution < -0.4 is 16.4 Å². The van der Waals surface area contributed by atoms with Gasteiger partial charge >= 0.3 is 6.05 Å². The van der Waals surface area contributed by atoms with Crippen LogP contribution in [0.1, 0.15) is 32.1 Å². The second-order valence-corrected chi connectivity index (χ2v) is 6.02. The molecule has 0 saturated heterocycles. The number of carbonyl (C=O) groups is 2. The maximum Gasteiger partial charge on any atom is 0.320 e. The van der Waals surface area contributed by atoms with E-state index in [0.717, 1.165) is 10.2 Å². The second kappa shape index (κ2) is 6.73. The lowest BCUT2D eigenvalue weighted by Crippen LogP contribution is -2.56. The standard InChI is InChI=1S/C16H15F2N7O2/c1-8-2-3-11(22-7-8)25-13(15(27)21-5-4-19)12-9(24-25)6-10(16(17,18)20)23-14(12)26/h2-3,7,10H,5-6,20H2,1H3,(H,21,27)(H,23,26). The van der Waals surface area contributed by atoms with Gasteiger partial charge in [-0.2, -0.15) is 19.1 Å². The lowest BCUT2D eigenvalue weighted by Gasteiger charge is -2.27. The molecule has 2 aromatic heterocycles. The average Bonchev–Trinajstić information content (AvgIpc) is 2.99. The molecule has 0 saturated carbocycles. The molecule has 3 heterocycles. The predicted molar refractivity (Wildman–Crippen MR) is 88.1 cm³/mol. The number of nitrogens with zero attached hydrogens (tertiary/aromatic N) is 4. The van der Waals surface area contributed by atoms with E-state index in [1.807, 2.05) is 6.92 Å². The molecule has 0 fully saturated rings. The van der Waals surface area contributed by atoms with Crippen LogP contribution in [0.3, 0.4) is 0 Å². The maximum atomic E-state index is 13.5. The average molecular weight is 375 g/mol. The zero-order valence-corrected chi connectivity index (χ0v) is 14.2. The highest BCUT2D eigenvalue weighted by molar-refractivity contribution is 6.08. The smallest absolute Gasteiger partial charge is 0.320 e. The Balaban J connectivity index is 2.14. The minimum Gasteiger partial charge on any atom is -0.341 e. The first-order chi connectivity index (χ1) is 12.7. The van der Waals surface area contributed by atoms with Crippen LogP contribution in [0, 0.1) is 18.3 Å². The van der Waals surface area contributed by atoms with Gasteiger partial charge in [-0.25, -0.2) is 9.67 Å². The molecular weight excluding hydrogens is 360 g/mol. The predicted octanol–water partition coefficient (Wildman–Crippen LogP) is 0.0351. The summed E-state index contributed by atoms with van der Waals surface area (Å²) >= 11 is 0. The van der Waals surface area contributed by atoms with Gasteiger partial charge in [-0.05, 0) is 18.6 Å². The van der Waals surface area contributed by atoms with Gasteiger partial charge < -0.3 is 10.6 Å². The Morgan fingerprint density at radius 3 is 2.89 bits per heavy atom. The molecule has 11 heteroatoms. The molecule has 140 valence electrons. The monoisotopic (exact) mass is 375 g/mol. The Hall–Kier alpha value is -3.39. The van der Waals surface area contributed by atoms with Gasteiger partial charge in [0.2, 0.25) is 0 Å². The summed E-state index contributed by atoms with van der Waals surface area (Å²) in [6, 6.07) is -0.259. The van der Waals surface area contributed by atoms with Crippen molar-refractivity contribution >= 4 is 11.8 Å². The molecule has 1 aliphatic rings. The van der Waals surface area contributed by atoms with Crippen molar-refractivity contribution in [3.63, 3.8) is 0 Å². The first-order valence-electron chi connectivity index (χ1n) is 7.90. The largest absolute Gasteiger partial charge is 0.341 e. The van der Waals surface area contributed by atoms with Crippen molar-refractivity contribution in [1.82, 2.24) is 25.4 Å². The quantitative estimate of drug-likeness (QED) is 0.509. The molecule has 0 spiro atoms. The van der Waals surface area contributed by atoms with E-state index in [9.17, 15) is 18.4 Å². The van der Waals surface area contributed by atoms with Crippen LogP contribution in [0.25, 0.3) is 5.82 Å². The number of aryl methyl sites for hydroxylation is 1. The highest BCUT2D eigenvalue weighted by atomic mass is 19.3. The number of nitrogens with two attached hydrogens (primary N) is 1. The van der Waals surface area contributed by atoms with Crippen molar-refractivity contribution in [3.05, 3.63) is 40.8 Å². The van der Waals surface area contributed by atoms with Crippen LogP contribution in [0.2, 0.25) is 0 Å². The van der Waals surface area contributed by atoms with Crippen LogP contribution in [-0.2, 0) is 6.42 Å².